The third kappa shape index (κ3) is 2.16. The Morgan fingerprint density at radius 2 is 1.95 bits per heavy atom. The molecule has 102 valence electrons. The van der Waals surface area contributed by atoms with Crippen LogP contribution >= 0.6 is 0 Å². The van der Waals surface area contributed by atoms with Crippen LogP contribution in [0.2, 0.25) is 0 Å². The highest BCUT2D eigenvalue weighted by atomic mass is 14.4. The number of allylic oxidation sites excluding steroid dienone is 1. The SMILES string of the molecule is C=C1CCC(C)[C@H]2c3ccc(C(C)C)cc3CC[C@@H]12. The van der Waals surface area contributed by atoms with Gasteiger partial charge in [0.1, 0.15) is 0 Å². The van der Waals surface area contributed by atoms with Gasteiger partial charge in [-0.3, -0.25) is 0 Å². The van der Waals surface area contributed by atoms with Crippen molar-refractivity contribution in [1.82, 2.24) is 0 Å². The number of fused-ring (bicyclic) bond motifs is 3. The summed E-state index contributed by atoms with van der Waals surface area (Å²) in [6.07, 6.45) is 5.15. The van der Waals surface area contributed by atoms with Crippen molar-refractivity contribution in [1.29, 1.82) is 0 Å². The first-order valence-electron chi connectivity index (χ1n) is 7.88. The first-order valence-corrected chi connectivity index (χ1v) is 7.88. The normalized spacial score (nSPS) is 30.1. The molecule has 0 bridgehead atoms. The van der Waals surface area contributed by atoms with Crippen LogP contribution in [0.15, 0.2) is 30.4 Å². The zero-order valence-corrected chi connectivity index (χ0v) is 12.6. The van der Waals surface area contributed by atoms with Crippen LogP contribution in [-0.4, -0.2) is 0 Å². The Hall–Kier alpha value is -1.04. The van der Waals surface area contributed by atoms with Crippen molar-refractivity contribution in [3.8, 4) is 0 Å². The third-order valence-electron chi connectivity index (χ3n) is 5.41. The predicted octanol–water partition coefficient (Wildman–Crippen LogP) is 5.44. The molecular weight excluding hydrogens is 228 g/mol. The second-order valence-corrected chi connectivity index (χ2v) is 6.96. The van der Waals surface area contributed by atoms with Gasteiger partial charge in [0.2, 0.25) is 0 Å². The monoisotopic (exact) mass is 254 g/mol. The summed E-state index contributed by atoms with van der Waals surface area (Å²) >= 11 is 0. The van der Waals surface area contributed by atoms with Crippen LogP contribution < -0.4 is 0 Å². The van der Waals surface area contributed by atoms with Gasteiger partial charge in [-0.05, 0) is 66.0 Å². The molecule has 1 saturated carbocycles. The molecule has 19 heavy (non-hydrogen) atoms. The lowest BCUT2D eigenvalue weighted by atomic mass is 9.62. The zero-order valence-electron chi connectivity index (χ0n) is 12.6. The molecule has 3 atom stereocenters. The highest BCUT2D eigenvalue weighted by Gasteiger charge is 2.37. The number of hydrogen-bond acceptors (Lipinski definition) is 0. The molecule has 1 unspecified atom stereocenters. The lowest BCUT2D eigenvalue weighted by Crippen LogP contribution is -2.30. The molecule has 0 saturated heterocycles. The fourth-order valence-corrected chi connectivity index (χ4v) is 4.17. The van der Waals surface area contributed by atoms with Gasteiger partial charge in [0.25, 0.3) is 0 Å². The minimum atomic E-state index is 0.641. The summed E-state index contributed by atoms with van der Waals surface area (Å²) in [5.41, 5.74) is 6.27. The second-order valence-electron chi connectivity index (χ2n) is 6.96. The Morgan fingerprint density at radius 3 is 2.68 bits per heavy atom. The number of aryl methyl sites for hydroxylation is 1. The molecule has 1 aromatic rings. The zero-order chi connectivity index (χ0) is 13.6. The van der Waals surface area contributed by atoms with E-state index in [1.807, 2.05) is 0 Å². The standard InChI is InChI=1S/C19H26/c1-12(2)15-7-10-18-16(11-15)8-9-17-13(3)5-6-14(4)19(17)18/h7,10-12,14,17,19H,3,5-6,8-9H2,1-2,4H3/t14?,17-,19+/m0/s1. The van der Waals surface area contributed by atoms with Crippen molar-refractivity contribution >= 4 is 0 Å². The van der Waals surface area contributed by atoms with Crippen molar-refractivity contribution in [2.45, 2.75) is 58.3 Å². The van der Waals surface area contributed by atoms with Gasteiger partial charge in [-0.1, -0.05) is 51.1 Å². The van der Waals surface area contributed by atoms with Gasteiger partial charge in [0, 0.05) is 0 Å². The summed E-state index contributed by atoms with van der Waals surface area (Å²) in [6, 6.07) is 7.26. The Labute approximate surface area is 117 Å². The van der Waals surface area contributed by atoms with E-state index in [4.69, 9.17) is 0 Å². The lowest BCUT2D eigenvalue weighted by Gasteiger charge is -2.43. The molecule has 1 aromatic carbocycles. The molecule has 0 aliphatic heterocycles. The second kappa shape index (κ2) is 4.81. The van der Waals surface area contributed by atoms with E-state index < -0.39 is 0 Å². The first kappa shape index (κ1) is 13.0. The van der Waals surface area contributed by atoms with Crippen LogP contribution in [-0.2, 0) is 6.42 Å². The van der Waals surface area contributed by atoms with Gasteiger partial charge in [-0.15, -0.1) is 0 Å². The number of rotatable bonds is 1. The Kier molecular flexibility index (Phi) is 3.28. The summed E-state index contributed by atoms with van der Waals surface area (Å²) in [5, 5.41) is 0. The molecule has 0 heterocycles. The Balaban J connectivity index is 2.01. The van der Waals surface area contributed by atoms with Crippen LogP contribution in [0.4, 0.5) is 0 Å². The van der Waals surface area contributed by atoms with Gasteiger partial charge >= 0.3 is 0 Å². The molecule has 0 nitrogen and oxygen atoms in total. The number of benzene rings is 1. The van der Waals surface area contributed by atoms with Gasteiger partial charge in [0.15, 0.2) is 0 Å². The minimum Gasteiger partial charge on any atom is -0.0996 e. The molecule has 2 aliphatic rings. The van der Waals surface area contributed by atoms with Crippen LogP contribution in [0.5, 0.6) is 0 Å². The van der Waals surface area contributed by atoms with E-state index in [2.05, 4.69) is 45.5 Å². The maximum Gasteiger partial charge on any atom is -0.00678 e. The lowest BCUT2D eigenvalue weighted by molar-refractivity contribution is 0.269. The van der Waals surface area contributed by atoms with E-state index >= 15 is 0 Å². The van der Waals surface area contributed by atoms with Crippen molar-refractivity contribution in [3.05, 3.63) is 47.0 Å². The van der Waals surface area contributed by atoms with E-state index in [9.17, 15) is 0 Å². The minimum absolute atomic E-state index is 0.641. The maximum absolute atomic E-state index is 4.35. The van der Waals surface area contributed by atoms with Crippen molar-refractivity contribution in [2.24, 2.45) is 11.8 Å². The van der Waals surface area contributed by atoms with Crippen molar-refractivity contribution < 1.29 is 0 Å². The van der Waals surface area contributed by atoms with Gasteiger partial charge in [0.05, 0.1) is 0 Å². The molecule has 0 N–H and O–H groups in total. The number of hydrogen-bond donors (Lipinski definition) is 0. The highest BCUT2D eigenvalue weighted by Crippen LogP contribution is 2.50. The summed E-state index contributed by atoms with van der Waals surface area (Å²) in [4.78, 5) is 0. The van der Waals surface area contributed by atoms with E-state index in [0.29, 0.717) is 5.92 Å². The predicted molar refractivity (Wildman–Crippen MR) is 82.6 cm³/mol. The van der Waals surface area contributed by atoms with Crippen LogP contribution in [0.3, 0.4) is 0 Å². The van der Waals surface area contributed by atoms with Crippen LogP contribution in [0, 0.1) is 11.8 Å². The highest BCUT2D eigenvalue weighted by molar-refractivity contribution is 5.40. The maximum atomic E-state index is 4.35. The molecular formula is C19H26. The average Bonchev–Trinajstić information content (AvgIpc) is 2.41. The van der Waals surface area contributed by atoms with E-state index in [0.717, 1.165) is 17.8 Å². The molecule has 2 aliphatic carbocycles. The Bertz CT molecular complexity index is 495. The van der Waals surface area contributed by atoms with E-state index in [1.165, 1.54) is 36.8 Å². The van der Waals surface area contributed by atoms with Crippen LogP contribution in [0.1, 0.15) is 68.6 Å². The van der Waals surface area contributed by atoms with Gasteiger partial charge in [-0.25, -0.2) is 0 Å². The fraction of sp³-hybridized carbons (Fsp3) is 0.579. The molecule has 0 radical (unpaired) electrons. The van der Waals surface area contributed by atoms with E-state index in [1.54, 1.807) is 11.1 Å². The topological polar surface area (TPSA) is 0 Å². The summed E-state index contributed by atoms with van der Waals surface area (Å²) < 4.78 is 0. The molecule has 3 rings (SSSR count). The van der Waals surface area contributed by atoms with Crippen molar-refractivity contribution in [2.75, 3.05) is 0 Å². The summed E-state index contributed by atoms with van der Waals surface area (Å²) in [5.74, 6) is 2.95. The van der Waals surface area contributed by atoms with E-state index in [-0.39, 0.29) is 0 Å². The van der Waals surface area contributed by atoms with Crippen molar-refractivity contribution in [3.63, 3.8) is 0 Å². The first-order chi connectivity index (χ1) is 9.08. The summed E-state index contributed by atoms with van der Waals surface area (Å²) in [7, 11) is 0. The molecule has 0 spiro atoms. The smallest absolute Gasteiger partial charge is 0.00678 e. The largest absolute Gasteiger partial charge is 0.0996 e. The molecule has 0 aromatic heterocycles. The summed E-state index contributed by atoms with van der Waals surface area (Å²) in [6.45, 7) is 11.4. The average molecular weight is 254 g/mol. The molecule has 1 fully saturated rings. The van der Waals surface area contributed by atoms with Gasteiger partial charge in [-0.2, -0.15) is 0 Å². The van der Waals surface area contributed by atoms with Crippen LogP contribution in [0.25, 0.3) is 0 Å². The van der Waals surface area contributed by atoms with Gasteiger partial charge < -0.3 is 0 Å². The molecule has 0 heteroatoms. The fourth-order valence-electron chi connectivity index (χ4n) is 4.17. The molecule has 0 amide bonds. The quantitative estimate of drug-likeness (QED) is 0.585. The third-order valence-corrected chi connectivity index (χ3v) is 5.41. The Morgan fingerprint density at radius 1 is 1.16 bits per heavy atom.